The highest BCUT2D eigenvalue weighted by molar-refractivity contribution is 5.44. The molecular weight excluding hydrogens is 250 g/mol. The van der Waals surface area contributed by atoms with Crippen LogP contribution in [0.1, 0.15) is 46.1 Å². The molecule has 1 fully saturated rings. The predicted octanol–water partition coefficient (Wildman–Crippen LogP) is 3.51. The van der Waals surface area contributed by atoms with Crippen molar-refractivity contribution in [3.05, 3.63) is 23.8 Å². The summed E-state index contributed by atoms with van der Waals surface area (Å²) in [7, 11) is 1.71. The van der Waals surface area contributed by atoms with Crippen LogP contribution < -0.4 is 14.8 Å². The molecular formula is C17H27NO2. The fourth-order valence-corrected chi connectivity index (χ4v) is 2.70. The maximum Gasteiger partial charge on any atom is 0.123 e. The van der Waals surface area contributed by atoms with Crippen LogP contribution >= 0.6 is 0 Å². The van der Waals surface area contributed by atoms with Crippen LogP contribution in [0.4, 0.5) is 0 Å². The van der Waals surface area contributed by atoms with E-state index in [1.807, 2.05) is 12.1 Å². The van der Waals surface area contributed by atoms with Gasteiger partial charge in [0.2, 0.25) is 0 Å². The van der Waals surface area contributed by atoms with Crippen LogP contribution in [0.2, 0.25) is 0 Å². The first-order valence-electron chi connectivity index (χ1n) is 7.48. The first-order chi connectivity index (χ1) is 9.40. The first-order valence-corrected chi connectivity index (χ1v) is 7.48. The molecule has 3 nitrogen and oxygen atoms in total. The Kier molecular flexibility index (Phi) is 4.59. The number of piperidine rings is 1. The lowest BCUT2D eigenvalue weighted by Crippen LogP contribution is -2.40. The van der Waals surface area contributed by atoms with E-state index in [2.05, 4.69) is 39.1 Å². The topological polar surface area (TPSA) is 30.5 Å². The van der Waals surface area contributed by atoms with Gasteiger partial charge in [-0.3, -0.25) is 0 Å². The van der Waals surface area contributed by atoms with Crippen LogP contribution in [-0.2, 0) is 5.41 Å². The Bertz CT molecular complexity index is 451. The summed E-state index contributed by atoms with van der Waals surface area (Å²) in [6.45, 7) is 9.88. The maximum atomic E-state index is 6.29. The summed E-state index contributed by atoms with van der Waals surface area (Å²) in [4.78, 5) is 0. The molecule has 1 aromatic rings. The Balaban J connectivity index is 2.22. The molecule has 1 aromatic carbocycles. The monoisotopic (exact) mass is 277 g/mol. The first kappa shape index (κ1) is 15.2. The lowest BCUT2D eigenvalue weighted by molar-refractivity contribution is 0.141. The minimum atomic E-state index is 0.0441. The normalized spacial score (nSPS) is 23.4. The zero-order valence-electron chi connectivity index (χ0n) is 13.3. The molecule has 2 rings (SSSR count). The fourth-order valence-electron chi connectivity index (χ4n) is 2.70. The van der Waals surface area contributed by atoms with Crippen LogP contribution in [0.15, 0.2) is 18.2 Å². The smallest absolute Gasteiger partial charge is 0.123 e. The van der Waals surface area contributed by atoms with Crippen LogP contribution in [0, 0.1) is 0 Å². The van der Waals surface area contributed by atoms with Gasteiger partial charge in [0.15, 0.2) is 0 Å². The second-order valence-electron chi connectivity index (χ2n) is 6.73. The van der Waals surface area contributed by atoms with Gasteiger partial charge in [0, 0.05) is 11.6 Å². The van der Waals surface area contributed by atoms with Gasteiger partial charge in [0.05, 0.1) is 7.11 Å². The van der Waals surface area contributed by atoms with Crippen molar-refractivity contribution in [2.24, 2.45) is 0 Å². The number of methoxy groups -OCH3 is 1. The molecule has 0 aliphatic carbocycles. The molecule has 1 N–H and O–H groups in total. The summed E-state index contributed by atoms with van der Waals surface area (Å²) in [5.74, 6) is 1.89. The number of ether oxygens (including phenoxy) is 2. The van der Waals surface area contributed by atoms with E-state index < -0.39 is 0 Å². The average Bonchev–Trinajstić information content (AvgIpc) is 2.38. The summed E-state index contributed by atoms with van der Waals surface area (Å²) in [6.07, 6.45) is 2.44. The largest absolute Gasteiger partial charge is 0.497 e. The van der Waals surface area contributed by atoms with E-state index in [4.69, 9.17) is 9.47 Å². The summed E-state index contributed by atoms with van der Waals surface area (Å²) in [6, 6.07) is 6.66. The third-order valence-electron chi connectivity index (χ3n) is 3.86. The Labute approximate surface area is 122 Å². The van der Waals surface area contributed by atoms with Crippen molar-refractivity contribution in [1.29, 1.82) is 0 Å². The van der Waals surface area contributed by atoms with E-state index in [-0.39, 0.29) is 5.41 Å². The van der Waals surface area contributed by atoms with E-state index in [0.29, 0.717) is 12.1 Å². The zero-order chi connectivity index (χ0) is 14.8. The fraction of sp³-hybridized carbons (Fsp3) is 0.647. The Morgan fingerprint density at radius 2 is 2.00 bits per heavy atom. The zero-order valence-corrected chi connectivity index (χ0v) is 13.3. The Morgan fingerprint density at radius 3 is 2.60 bits per heavy atom. The Hall–Kier alpha value is -1.22. The SMILES string of the molecule is COc1ccc(OC2CCNC(C)C2)c(C(C)(C)C)c1. The maximum absolute atomic E-state index is 6.29. The molecule has 1 saturated heterocycles. The second kappa shape index (κ2) is 6.04. The van der Waals surface area contributed by atoms with Gasteiger partial charge in [-0.15, -0.1) is 0 Å². The second-order valence-corrected chi connectivity index (χ2v) is 6.73. The molecule has 112 valence electrons. The molecule has 20 heavy (non-hydrogen) atoms. The minimum Gasteiger partial charge on any atom is -0.497 e. The number of hydrogen-bond donors (Lipinski definition) is 1. The van der Waals surface area contributed by atoms with E-state index in [9.17, 15) is 0 Å². The van der Waals surface area contributed by atoms with Gasteiger partial charge in [-0.2, -0.15) is 0 Å². The van der Waals surface area contributed by atoms with E-state index in [0.717, 1.165) is 30.9 Å². The van der Waals surface area contributed by atoms with Crippen molar-refractivity contribution in [3.63, 3.8) is 0 Å². The van der Waals surface area contributed by atoms with Gasteiger partial charge >= 0.3 is 0 Å². The highest BCUT2D eigenvalue weighted by atomic mass is 16.5. The number of hydrogen-bond acceptors (Lipinski definition) is 3. The van der Waals surface area contributed by atoms with Gasteiger partial charge in [-0.25, -0.2) is 0 Å². The molecule has 0 bridgehead atoms. The molecule has 0 spiro atoms. The third-order valence-corrected chi connectivity index (χ3v) is 3.86. The van der Waals surface area contributed by atoms with Crippen LogP contribution in [0.25, 0.3) is 0 Å². The van der Waals surface area contributed by atoms with Gasteiger partial charge in [-0.1, -0.05) is 20.8 Å². The van der Waals surface area contributed by atoms with E-state index >= 15 is 0 Å². The van der Waals surface area contributed by atoms with Crippen molar-refractivity contribution in [3.8, 4) is 11.5 Å². The van der Waals surface area contributed by atoms with E-state index in [1.165, 1.54) is 5.56 Å². The molecule has 1 aliphatic rings. The molecule has 0 radical (unpaired) electrons. The highest BCUT2D eigenvalue weighted by Gasteiger charge is 2.24. The summed E-state index contributed by atoms with van der Waals surface area (Å²) in [5, 5.41) is 3.46. The molecule has 3 heteroatoms. The number of benzene rings is 1. The highest BCUT2D eigenvalue weighted by Crippen LogP contribution is 2.35. The van der Waals surface area contributed by atoms with Gasteiger partial charge in [0.1, 0.15) is 17.6 Å². The van der Waals surface area contributed by atoms with Crippen molar-refractivity contribution in [2.45, 2.75) is 58.1 Å². The van der Waals surface area contributed by atoms with Crippen molar-refractivity contribution >= 4 is 0 Å². The molecule has 0 amide bonds. The molecule has 1 heterocycles. The lowest BCUT2D eigenvalue weighted by Gasteiger charge is -2.31. The molecule has 1 aliphatic heterocycles. The van der Waals surface area contributed by atoms with Crippen LogP contribution in [-0.4, -0.2) is 25.8 Å². The van der Waals surface area contributed by atoms with Crippen LogP contribution in [0.3, 0.4) is 0 Å². The van der Waals surface area contributed by atoms with Crippen molar-refractivity contribution < 1.29 is 9.47 Å². The quantitative estimate of drug-likeness (QED) is 0.917. The van der Waals surface area contributed by atoms with Crippen molar-refractivity contribution in [2.75, 3.05) is 13.7 Å². The van der Waals surface area contributed by atoms with Gasteiger partial charge in [-0.05, 0) is 49.9 Å². The number of rotatable bonds is 3. The molecule has 0 aromatic heterocycles. The number of nitrogens with one attached hydrogen (secondary N) is 1. The van der Waals surface area contributed by atoms with Crippen LogP contribution in [0.5, 0.6) is 11.5 Å². The van der Waals surface area contributed by atoms with Crippen molar-refractivity contribution in [1.82, 2.24) is 5.32 Å². The average molecular weight is 277 g/mol. The molecule has 2 unspecified atom stereocenters. The summed E-state index contributed by atoms with van der Waals surface area (Å²) in [5.41, 5.74) is 1.26. The predicted molar refractivity (Wildman–Crippen MR) is 82.8 cm³/mol. The molecule has 0 saturated carbocycles. The summed E-state index contributed by atoms with van der Waals surface area (Å²) >= 11 is 0. The van der Waals surface area contributed by atoms with Gasteiger partial charge < -0.3 is 14.8 Å². The Morgan fingerprint density at radius 1 is 1.25 bits per heavy atom. The minimum absolute atomic E-state index is 0.0441. The van der Waals surface area contributed by atoms with Gasteiger partial charge in [0.25, 0.3) is 0 Å². The molecule has 2 atom stereocenters. The lowest BCUT2D eigenvalue weighted by atomic mass is 9.86. The standard InChI is InChI=1S/C17H27NO2/c1-12-10-14(8-9-18-12)20-16-7-6-13(19-5)11-15(16)17(2,3)4/h6-7,11-12,14,18H,8-10H2,1-5H3. The van der Waals surface area contributed by atoms with E-state index in [1.54, 1.807) is 7.11 Å². The summed E-state index contributed by atoms with van der Waals surface area (Å²) < 4.78 is 11.6. The third kappa shape index (κ3) is 3.66.